The molecular weight excluding hydrogens is 1060 g/mol. The number of hydrogen-bond donors (Lipinski definition) is 0. The van der Waals surface area contributed by atoms with Crippen LogP contribution in [0.2, 0.25) is 0 Å². The number of aryl methyl sites for hydroxylation is 6. The first-order chi connectivity index (χ1) is 42.3. The first-order valence-electron chi connectivity index (χ1n) is 34.2. The molecule has 0 unspecified atom stereocenters. The topological polar surface area (TPSA) is 38.9 Å². The van der Waals surface area contributed by atoms with Gasteiger partial charge in [0.2, 0.25) is 0 Å². The maximum absolute atomic E-state index is 6.44. The third kappa shape index (κ3) is 14.2. The standard InChI is InChI=1S/C82H96N2OS/c1-7-11-15-19-23-27-36-59-49-70(60(48-57(59)5)37-28-24-20-16-12-8-2)76-55-77(84-82(83-76)64-46-47-80-74(53-64)75-54-73-68-42-33-34-45-78(68)85-79(73)56-81(75)86-80)71-51-62(38-29-25-21-17-13-9-3)69(50-63(71)39-30-26-22-18-14-10-4)67-44-35-43-66-58(6)65-41-32-31-40-61(65)52-72(66)67/h31-35,40-56H,7-30,36-39H2,1-6H3. The van der Waals surface area contributed by atoms with Crippen LogP contribution < -0.4 is 0 Å². The number of rotatable bonds is 32. The van der Waals surface area contributed by atoms with Gasteiger partial charge in [-0.15, -0.1) is 11.3 Å². The van der Waals surface area contributed by atoms with Gasteiger partial charge in [-0.05, 0) is 192 Å². The van der Waals surface area contributed by atoms with Crippen molar-refractivity contribution in [3.63, 3.8) is 0 Å². The van der Waals surface area contributed by atoms with Gasteiger partial charge in [-0.25, -0.2) is 9.97 Å². The van der Waals surface area contributed by atoms with Crippen LogP contribution in [0.25, 0.3) is 109 Å². The number of aromatic nitrogens is 2. The number of furan rings is 1. The number of fused-ring (bicyclic) bond motifs is 8. The van der Waals surface area contributed by atoms with Crippen molar-refractivity contribution in [2.45, 2.75) is 221 Å². The Morgan fingerprint density at radius 2 is 0.849 bits per heavy atom. The molecule has 446 valence electrons. The van der Waals surface area contributed by atoms with Crippen LogP contribution in [0.4, 0.5) is 0 Å². The maximum Gasteiger partial charge on any atom is 0.160 e. The fourth-order valence-corrected chi connectivity index (χ4v) is 15.1. The van der Waals surface area contributed by atoms with Gasteiger partial charge < -0.3 is 4.42 Å². The van der Waals surface area contributed by atoms with Gasteiger partial charge in [0, 0.05) is 47.6 Å². The van der Waals surface area contributed by atoms with Crippen molar-refractivity contribution in [3.05, 3.63) is 167 Å². The highest BCUT2D eigenvalue weighted by Crippen LogP contribution is 2.44. The lowest BCUT2D eigenvalue weighted by Crippen LogP contribution is -2.04. The average molecular weight is 1160 g/mol. The quantitative estimate of drug-likeness (QED) is 0.0312. The number of para-hydroxylation sites is 1. The molecule has 0 fully saturated rings. The monoisotopic (exact) mass is 1160 g/mol. The average Bonchev–Trinajstić information content (AvgIpc) is 1.62. The van der Waals surface area contributed by atoms with E-state index >= 15 is 0 Å². The smallest absolute Gasteiger partial charge is 0.160 e. The molecule has 0 bridgehead atoms. The van der Waals surface area contributed by atoms with E-state index in [0.29, 0.717) is 0 Å². The van der Waals surface area contributed by atoms with E-state index < -0.39 is 0 Å². The largest absolute Gasteiger partial charge is 0.456 e. The SMILES string of the molecule is CCCCCCCCc1cc(-c2cc(-c3cc(CCCCCCCC)c(-c4cccc5c(C)c6ccccc6cc45)cc3CCCCCCCC)nc(-c3ccc4sc5cc6oc7ccccc7c6cc5c4c3)n2)c(CCCCCCCC)cc1C. The van der Waals surface area contributed by atoms with E-state index in [0.717, 1.165) is 76.8 Å². The van der Waals surface area contributed by atoms with Crippen LogP contribution in [0.15, 0.2) is 138 Å². The van der Waals surface area contributed by atoms with E-state index in [-0.39, 0.29) is 0 Å². The summed E-state index contributed by atoms with van der Waals surface area (Å²) >= 11 is 1.85. The Morgan fingerprint density at radius 3 is 1.49 bits per heavy atom. The first kappa shape index (κ1) is 61.0. The molecule has 0 atom stereocenters. The highest BCUT2D eigenvalue weighted by molar-refractivity contribution is 7.25. The Labute approximate surface area is 519 Å². The Balaban J connectivity index is 1.11. The molecule has 11 rings (SSSR count). The highest BCUT2D eigenvalue weighted by Gasteiger charge is 2.22. The van der Waals surface area contributed by atoms with Gasteiger partial charge in [-0.1, -0.05) is 229 Å². The van der Waals surface area contributed by atoms with Crippen LogP contribution in [-0.4, -0.2) is 9.97 Å². The molecule has 0 N–H and O–H groups in total. The Hall–Kier alpha value is -6.62. The Kier molecular flexibility index (Phi) is 21.2. The lowest BCUT2D eigenvalue weighted by Gasteiger charge is -2.21. The second-order valence-electron chi connectivity index (χ2n) is 25.5. The van der Waals surface area contributed by atoms with E-state index in [9.17, 15) is 0 Å². The van der Waals surface area contributed by atoms with E-state index in [1.54, 1.807) is 0 Å². The number of hydrogen-bond acceptors (Lipinski definition) is 4. The van der Waals surface area contributed by atoms with Gasteiger partial charge in [-0.3, -0.25) is 0 Å². The molecular formula is C82H96N2OS. The predicted octanol–water partition coefficient (Wildman–Crippen LogP) is 25.9. The molecule has 86 heavy (non-hydrogen) atoms. The third-order valence-electron chi connectivity index (χ3n) is 19.1. The van der Waals surface area contributed by atoms with Gasteiger partial charge in [0.05, 0.1) is 11.4 Å². The summed E-state index contributed by atoms with van der Waals surface area (Å²) < 4.78 is 8.94. The molecule has 0 saturated heterocycles. The van der Waals surface area contributed by atoms with Crippen molar-refractivity contribution in [3.8, 4) is 45.0 Å². The molecule has 3 heterocycles. The minimum Gasteiger partial charge on any atom is -0.456 e. The molecule has 0 spiro atoms. The van der Waals surface area contributed by atoms with E-state index in [1.807, 2.05) is 11.3 Å². The van der Waals surface area contributed by atoms with Crippen LogP contribution in [0.1, 0.15) is 215 Å². The molecule has 0 aliphatic heterocycles. The van der Waals surface area contributed by atoms with Gasteiger partial charge in [0.25, 0.3) is 0 Å². The molecule has 3 nitrogen and oxygen atoms in total. The number of thiophene rings is 1. The number of nitrogens with zero attached hydrogens (tertiary/aromatic N) is 2. The van der Waals surface area contributed by atoms with Crippen molar-refractivity contribution >= 4 is 75.0 Å². The van der Waals surface area contributed by atoms with Gasteiger partial charge in [0.1, 0.15) is 11.2 Å². The fourth-order valence-electron chi connectivity index (χ4n) is 14.0. The summed E-state index contributed by atoms with van der Waals surface area (Å²) in [6.45, 7) is 14.0. The summed E-state index contributed by atoms with van der Waals surface area (Å²) in [6.07, 6.45) is 34.8. The zero-order chi connectivity index (χ0) is 59.2. The minimum atomic E-state index is 0.806. The number of unbranched alkanes of at least 4 members (excludes halogenated alkanes) is 20. The lowest BCUT2D eigenvalue weighted by molar-refractivity contribution is 0.605. The van der Waals surface area contributed by atoms with Crippen molar-refractivity contribution < 1.29 is 4.42 Å². The Morgan fingerprint density at radius 1 is 0.337 bits per heavy atom. The summed E-state index contributed by atoms with van der Waals surface area (Å²) in [6, 6.07) is 51.5. The molecule has 0 aliphatic rings. The van der Waals surface area contributed by atoms with Crippen molar-refractivity contribution in [2.75, 3.05) is 0 Å². The predicted molar refractivity (Wildman–Crippen MR) is 377 cm³/mol. The summed E-state index contributed by atoms with van der Waals surface area (Å²) in [5.74, 6) is 0.806. The first-order valence-corrected chi connectivity index (χ1v) is 35.0. The number of benzene rings is 8. The molecule has 8 aromatic carbocycles. The van der Waals surface area contributed by atoms with Crippen molar-refractivity contribution in [2.24, 2.45) is 0 Å². The van der Waals surface area contributed by atoms with Crippen LogP contribution in [-0.2, 0) is 25.7 Å². The van der Waals surface area contributed by atoms with Crippen LogP contribution in [0.5, 0.6) is 0 Å². The van der Waals surface area contributed by atoms with Crippen molar-refractivity contribution in [1.29, 1.82) is 0 Å². The van der Waals surface area contributed by atoms with Crippen LogP contribution >= 0.6 is 11.3 Å². The summed E-state index contributed by atoms with van der Waals surface area (Å²) in [4.78, 5) is 11.7. The van der Waals surface area contributed by atoms with Gasteiger partial charge >= 0.3 is 0 Å². The van der Waals surface area contributed by atoms with E-state index in [1.165, 1.54) is 245 Å². The van der Waals surface area contributed by atoms with Crippen LogP contribution in [0, 0.1) is 13.8 Å². The van der Waals surface area contributed by atoms with E-state index in [4.69, 9.17) is 14.4 Å². The molecule has 4 heteroatoms. The molecule has 0 aliphatic carbocycles. The normalized spacial score (nSPS) is 12.0. The molecule has 0 radical (unpaired) electrons. The molecule has 0 amide bonds. The fraction of sp³-hybridized carbons (Fsp3) is 0.415. The van der Waals surface area contributed by atoms with E-state index in [2.05, 4.69) is 175 Å². The molecule has 11 aromatic rings. The van der Waals surface area contributed by atoms with Crippen molar-refractivity contribution in [1.82, 2.24) is 9.97 Å². The lowest BCUT2D eigenvalue weighted by atomic mass is 9.85. The minimum absolute atomic E-state index is 0.806. The Bertz CT molecular complexity index is 4060. The van der Waals surface area contributed by atoms with Crippen LogP contribution in [0.3, 0.4) is 0 Å². The zero-order valence-corrected chi connectivity index (χ0v) is 54.0. The summed E-state index contributed by atoms with van der Waals surface area (Å²) in [5, 5.41) is 10.2. The highest BCUT2D eigenvalue weighted by atomic mass is 32.1. The third-order valence-corrected chi connectivity index (χ3v) is 20.2. The second-order valence-corrected chi connectivity index (χ2v) is 26.6. The van der Waals surface area contributed by atoms with Gasteiger partial charge in [-0.2, -0.15) is 0 Å². The summed E-state index contributed by atoms with van der Waals surface area (Å²) in [7, 11) is 0. The zero-order valence-electron chi connectivity index (χ0n) is 53.2. The molecule has 3 aromatic heterocycles. The van der Waals surface area contributed by atoms with Gasteiger partial charge in [0.15, 0.2) is 5.82 Å². The second kappa shape index (κ2) is 29.9. The molecule has 0 saturated carbocycles. The summed E-state index contributed by atoms with van der Waals surface area (Å²) in [5.41, 5.74) is 18.9. The maximum atomic E-state index is 6.44.